The Bertz CT molecular complexity index is 803. The number of aromatic amines is 1. The number of fused-ring (bicyclic) bond motifs is 3. The molecule has 1 amide bonds. The molecule has 6 heteroatoms. The lowest BCUT2D eigenvalue weighted by atomic mass is 10.1. The molecule has 84 valence electrons. The molecule has 3 aromatic rings. The molecule has 0 aliphatic heterocycles. The Labute approximate surface area is 98.9 Å². The van der Waals surface area contributed by atoms with Crippen LogP contribution in [0.1, 0.15) is 10.4 Å². The van der Waals surface area contributed by atoms with Crippen molar-refractivity contribution < 1.29 is 4.79 Å². The normalized spacial score (nSPS) is 11.1. The van der Waals surface area contributed by atoms with E-state index in [1.807, 2.05) is 6.07 Å². The van der Waals surface area contributed by atoms with Crippen LogP contribution < -0.4 is 11.3 Å². The van der Waals surface area contributed by atoms with E-state index >= 15 is 0 Å². The molecule has 0 radical (unpaired) electrons. The quantitative estimate of drug-likeness (QED) is 0.675. The fourth-order valence-corrected chi connectivity index (χ4v) is 2.48. The van der Waals surface area contributed by atoms with Crippen molar-refractivity contribution in [2.75, 3.05) is 0 Å². The molecule has 0 atom stereocenters. The molecule has 3 N–H and O–H groups in total. The van der Waals surface area contributed by atoms with Crippen molar-refractivity contribution in [3.63, 3.8) is 0 Å². The van der Waals surface area contributed by atoms with Crippen LogP contribution in [0.4, 0.5) is 0 Å². The van der Waals surface area contributed by atoms with Crippen molar-refractivity contribution in [3.05, 3.63) is 39.6 Å². The maximum absolute atomic E-state index is 11.6. The third-order valence-electron chi connectivity index (χ3n) is 2.59. The minimum atomic E-state index is -0.736. The van der Waals surface area contributed by atoms with Crippen molar-refractivity contribution in [1.29, 1.82) is 0 Å². The molecular weight excluding hydrogens is 238 g/mol. The first-order chi connectivity index (χ1) is 8.16. The third kappa shape index (κ3) is 1.42. The van der Waals surface area contributed by atoms with Crippen molar-refractivity contribution in [3.8, 4) is 0 Å². The van der Waals surface area contributed by atoms with E-state index in [2.05, 4.69) is 9.97 Å². The number of amides is 1. The highest BCUT2D eigenvalue weighted by Crippen LogP contribution is 2.25. The van der Waals surface area contributed by atoms with Gasteiger partial charge in [0.15, 0.2) is 0 Å². The van der Waals surface area contributed by atoms with Crippen LogP contribution in [0.15, 0.2) is 28.5 Å². The fraction of sp³-hybridized carbons (Fsp3) is 0. The SMILES string of the molecule is NC(=O)c1cc2c(ccc3scnc32)[nH]c1=O. The molecule has 0 unspecified atom stereocenters. The topological polar surface area (TPSA) is 88.8 Å². The highest BCUT2D eigenvalue weighted by Gasteiger charge is 2.10. The van der Waals surface area contributed by atoms with E-state index in [4.69, 9.17) is 5.73 Å². The summed E-state index contributed by atoms with van der Waals surface area (Å²) in [7, 11) is 0. The molecule has 0 saturated heterocycles. The zero-order chi connectivity index (χ0) is 12.0. The van der Waals surface area contributed by atoms with Gasteiger partial charge in [0, 0.05) is 5.39 Å². The van der Waals surface area contributed by atoms with Gasteiger partial charge in [0.2, 0.25) is 0 Å². The summed E-state index contributed by atoms with van der Waals surface area (Å²) in [5, 5.41) is 0.733. The second kappa shape index (κ2) is 3.39. The van der Waals surface area contributed by atoms with Crippen LogP contribution in [0.3, 0.4) is 0 Å². The number of nitrogens with zero attached hydrogens (tertiary/aromatic N) is 1. The van der Waals surface area contributed by atoms with Crippen LogP contribution in [-0.4, -0.2) is 15.9 Å². The number of H-pyrrole nitrogens is 1. The number of benzene rings is 1. The van der Waals surface area contributed by atoms with E-state index in [-0.39, 0.29) is 5.56 Å². The number of rotatable bonds is 1. The number of carbonyl (C=O) groups is 1. The van der Waals surface area contributed by atoms with Crippen LogP contribution in [0.2, 0.25) is 0 Å². The predicted octanol–water partition coefficient (Wildman–Crippen LogP) is 1.24. The molecule has 2 aromatic heterocycles. The highest BCUT2D eigenvalue weighted by atomic mass is 32.1. The summed E-state index contributed by atoms with van der Waals surface area (Å²) in [6.45, 7) is 0. The molecule has 5 nitrogen and oxygen atoms in total. The second-order valence-electron chi connectivity index (χ2n) is 3.60. The standard InChI is InChI=1S/C11H7N3O2S/c12-10(15)6-3-5-7(14-11(6)16)1-2-8-9(5)13-4-17-8/h1-4H,(H2,12,15)(H,14,16). The Morgan fingerprint density at radius 3 is 3.00 bits per heavy atom. The van der Waals surface area contributed by atoms with E-state index in [9.17, 15) is 9.59 Å². The zero-order valence-electron chi connectivity index (χ0n) is 8.56. The lowest BCUT2D eigenvalue weighted by molar-refractivity contribution is 0.0999. The maximum atomic E-state index is 11.6. The van der Waals surface area contributed by atoms with E-state index in [1.54, 1.807) is 11.6 Å². The molecule has 0 spiro atoms. The van der Waals surface area contributed by atoms with Gasteiger partial charge < -0.3 is 10.7 Å². The van der Waals surface area contributed by atoms with E-state index < -0.39 is 11.5 Å². The van der Waals surface area contributed by atoms with Crippen LogP contribution >= 0.6 is 11.3 Å². The molecule has 0 bridgehead atoms. The van der Waals surface area contributed by atoms with Gasteiger partial charge in [-0.1, -0.05) is 0 Å². The summed E-state index contributed by atoms with van der Waals surface area (Å²) in [6.07, 6.45) is 0. The molecule has 17 heavy (non-hydrogen) atoms. The molecule has 3 rings (SSSR count). The highest BCUT2D eigenvalue weighted by molar-refractivity contribution is 7.16. The van der Waals surface area contributed by atoms with Gasteiger partial charge in [0.25, 0.3) is 11.5 Å². The number of pyridine rings is 1. The summed E-state index contributed by atoms with van der Waals surface area (Å²) in [6, 6.07) is 5.18. The number of primary amides is 1. The number of nitrogens with two attached hydrogens (primary N) is 1. The number of carbonyl (C=O) groups excluding carboxylic acids is 1. The van der Waals surface area contributed by atoms with E-state index in [0.29, 0.717) is 5.52 Å². The van der Waals surface area contributed by atoms with Crippen molar-refractivity contribution in [1.82, 2.24) is 9.97 Å². The third-order valence-corrected chi connectivity index (χ3v) is 3.38. The van der Waals surface area contributed by atoms with Crippen LogP contribution in [0, 0.1) is 0 Å². The molecule has 1 aromatic carbocycles. The lowest BCUT2D eigenvalue weighted by Crippen LogP contribution is -2.23. The summed E-state index contributed by atoms with van der Waals surface area (Å²) in [4.78, 5) is 29.6. The van der Waals surface area contributed by atoms with Crippen molar-refractivity contribution in [2.24, 2.45) is 5.73 Å². The van der Waals surface area contributed by atoms with Crippen LogP contribution in [0.25, 0.3) is 21.1 Å². The zero-order valence-corrected chi connectivity index (χ0v) is 9.38. The Morgan fingerprint density at radius 2 is 2.24 bits per heavy atom. The summed E-state index contributed by atoms with van der Waals surface area (Å²) in [5.74, 6) is -0.736. The van der Waals surface area contributed by atoms with Crippen LogP contribution in [-0.2, 0) is 0 Å². The number of hydrogen-bond donors (Lipinski definition) is 2. The first-order valence-corrected chi connectivity index (χ1v) is 5.74. The molecule has 0 fully saturated rings. The number of hydrogen-bond acceptors (Lipinski definition) is 4. The van der Waals surface area contributed by atoms with Crippen LogP contribution in [0.5, 0.6) is 0 Å². The maximum Gasteiger partial charge on any atom is 0.261 e. The Kier molecular flexibility index (Phi) is 1.99. The molecular formula is C11H7N3O2S. The van der Waals surface area contributed by atoms with Crippen molar-refractivity contribution >= 4 is 38.4 Å². The van der Waals surface area contributed by atoms with Gasteiger partial charge in [-0.05, 0) is 18.2 Å². The van der Waals surface area contributed by atoms with Crippen molar-refractivity contribution in [2.45, 2.75) is 0 Å². The number of thiazole rings is 1. The fourth-order valence-electron chi connectivity index (χ4n) is 1.79. The van der Waals surface area contributed by atoms with E-state index in [1.165, 1.54) is 17.4 Å². The molecule has 2 heterocycles. The van der Waals surface area contributed by atoms with Gasteiger partial charge in [0.05, 0.1) is 21.2 Å². The lowest BCUT2D eigenvalue weighted by Gasteiger charge is -2.00. The minimum Gasteiger partial charge on any atom is -0.365 e. The largest absolute Gasteiger partial charge is 0.365 e. The Balaban J connectivity index is 2.53. The summed E-state index contributed by atoms with van der Waals surface area (Å²) < 4.78 is 1.000. The van der Waals surface area contributed by atoms with Gasteiger partial charge in [-0.2, -0.15) is 0 Å². The smallest absolute Gasteiger partial charge is 0.261 e. The Hall–Kier alpha value is -2.21. The summed E-state index contributed by atoms with van der Waals surface area (Å²) in [5.41, 5.74) is 7.77. The van der Waals surface area contributed by atoms with Gasteiger partial charge in [0.1, 0.15) is 5.56 Å². The van der Waals surface area contributed by atoms with Gasteiger partial charge in [-0.15, -0.1) is 11.3 Å². The number of aromatic nitrogens is 2. The average Bonchev–Trinajstić information content (AvgIpc) is 2.75. The van der Waals surface area contributed by atoms with E-state index in [0.717, 1.165) is 15.6 Å². The molecule has 0 saturated carbocycles. The second-order valence-corrected chi connectivity index (χ2v) is 4.49. The summed E-state index contributed by atoms with van der Waals surface area (Å²) >= 11 is 1.50. The average molecular weight is 245 g/mol. The molecule has 0 aliphatic carbocycles. The molecule has 0 aliphatic rings. The van der Waals surface area contributed by atoms with Gasteiger partial charge in [-0.25, -0.2) is 4.98 Å². The predicted molar refractivity (Wildman–Crippen MR) is 66.3 cm³/mol. The van der Waals surface area contributed by atoms with Gasteiger partial charge in [-0.3, -0.25) is 9.59 Å². The number of nitrogens with one attached hydrogen (secondary N) is 1. The minimum absolute atomic E-state index is 0.0435. The first kappa shape index (κ1) is 9.98. The first-order valence-electron chi connectivity index (χ1n) is 4.86. The Morgan fingerprint density at radius 1 is 1.41 bits per heavy atom. The monoisotopic (exact) mass is 245 g/mol. The van der Waals surface area contributed by atoms with Gasteiger partial charge >= 0.3 is 0 Å².